The van der Waals surface area contributed by atoms with Crippen LogP contribution in [0.1, 0.15) is 41.9 Å². The van der Waals surface area contributed by atoms with Gasteiger partial charge in [-0.25, -0.2) is 0 Å². The summed E-state index contributed by atoms with van der Waals surface area (Å²) in [4.78, 5) is 0. The second-order valence-corrected chi connectivity index (χ2v) is 5.90. The number of ether oxygens (including phenoxy) is 1. The molecule has 0 aromatic heterocycles. The van der Waals surface area contributed by atoms with Crippen molar-refractivity contribution in [1.29, 1.82) is 0 Å². The average molecular weight is 276 g/mol. The van der Waals surface area contributed by atoms with E-state index in [0.717, 1.165) is 26.1 Å². The Labute approximate surface area is 122 Å². The highest BCUT2D eigenvalue weighted by Crippen LogP contribution is 2.21. The van der Waals surface area contributed by atoms with Crippen molar-refractivity contribution in [2.75, 3.05) is 26.2 Å². The quantitative estimate of drug-likeness (QED) is 0.752. The highest BCUT2D eigenvalue weighted by Gasteiger charge is 2.15. The summed E-state index contributed by atoms with van der Waals surface area (Å²) in [5.41, 5.74) is 10.0. The molecule has 1 saturated heterocycles. The predicted molar refractivity (Wildman–Crippen MR) is 84.2 cm³/mol. The third-order valence-electron chi connectivity index (χ3n) is 4.35. The second kappa shape index (κ2) is 7.77. The molecule has 112 valence electrons. The van der Waals surface area contributed by atoms with Crippen molar-refractivity contribution < 1.29 is 4.74 Å². The van der Waals surface area contributed by atoms with E-state index in [2.05, 4.69) is 37.4 Å². The molecule has 1 heterocycles. The molecule has 2 rings (SSSR count). The van der Waals surface area contributed by atoms with Crippen molar-refractivity contribution in [3.05, 3.63) is 34.9 Å². The fraction of sp³-hybridized carbons (Fsp3) is 0.647. The van der Waals surface area contributed by atoms with Crippen LogP contribution in [0.15, 0.2) is 18.2 Å². The standard InChI is InChI=1S/C17H28N2O/c1-13-5-6-15(10-14(13)2)16(11-18)7-8-19-12-17-4-3-9-20-17/h5-6,10,16-17,19H,3-4,7-9,11-12,18H2,1-2H3. The molecule has 0 amide bonds. The van der Waals surface area contributed by atoms with Crippen molar-refractivity contribution >= 4 is 0 Å². The minimum atomic E-state index is 0.424. The average Bonchev–Trinajstić information content (AvgIpc) is 2.95. The van der Waals surface area contributed by atoms with E-state index >= 15 is 0 Å². The van der Waals surface area contributed by atoms with Crippen LogP contribution in [0.2, 0.25) is 0 Å². The van der Waals surface area contributed by atoms with Gasteiger partial charge in [0.1, 0.15) is 0 Å². The van der Waals surface area contributed by atoms with Gasteiger partial charge in [-0.15, -0.1) is 0 Å². The molecule has 1 aromatic rings. The van der Waals surface area contributed by atoms with Crippen LogP contribution in [0.25, 0.3) is 0 Å². The van der Waals surface area contributed by atoms with Gasteiger partial charge in [0.15, 0.2) is 0 Å². The van der Waals surface area contributed by atoms with Crippen molar-refractivity contribution in [2.24, 2.45) is 5.73 Å². The second-order valence-electron chi connectivity index (χ2n) is 5.90. The summed E-state index contributed by atoms with van der Waals surface area (Å²) in [5.74, 6) is 0.450. The van der Waals surface area contributed by atoms with Crippen LogP contribution in [-0.4, -0.2) is 32.3 Å². The molecule has 2 unspecified atom stereocenters. The number of nitrogens with two attached hydrogens (primary N) is 1. The molecular formula is C17H28N2O. The molecular weight excluding hydrogens is 248 g/mol. The molecule has 3 nitrogen and oxygen atoms in total. The molecule has 0 spiro atoms. The Kier molecular flexibility index (Phi) is 6.02. The van der Waals surface area contributed by atoms with Crippen LogP contribution in [0.3, 0.4) is 0 Å². The van der Waals surface area contributed by atoms with E-state index in [-0.39, 0.29) is 0 Å². The Morgan fingerprint density at radius 1 is 1.35 bits per heavy atom. The van der Waals surface area contributed by atoms with Crippen LogP contribution in [0, 0.1) is 13.8 Å². The van der Waals surface area contributed by atoms with Gasteiger partial charge in [0.05, 0.1) is 6.10 Å². The number of nitrogens with one attached hydrogen (secondary N) is 1. The van der Waals surface area contributed by atoms with Gasteiger partial charge in [0.2, 0.25) is 0 Å². The Bertz CT molecular complexity index is 413. The molecule has 1 fully saturated rings. The first kappa shape index (κ1) is 15.5. The molecule has 3 heteroatoms. The number of hydrogen-bond donors (Lipinski definition) is 2. The summed E-state index contributed by atoms with van der Waals surface area (Å²) in [7, 11) is 0. The maximum absolute atomic E-state index is 5.94. The van der Waals surface area contributed by atoms with Crippen LogP contribution >= 0.6 is 0 Å². The van der Waals surface area contributed by atoms with Crippen LogP contribution in [0.4, 0.5) is 0 Å². The molecule has 20 heavy (non-hydrogen) atoms. The smallest absolute Gasteiger partial charge is 0.0700 e. The maximum Gasteiger partial charge on any atom is 0.0700 e. The van der Waals surface area contributed by atoms with E-state index in [1.54, 1.807) is 0 Å². The lowest BCUT2D eigenvalue weighted by molar-refractivity contribution is 0.110. The fourth-order valence-electron chi connectivity index (χ4n) is 2.78. The van der Waals surface area contributed by atoms with Crippen molar-refractivity contribution in [3.8, 4) is 0 Å². The molecule has 2 atom stereocenters. The largest absolute Gasteiger partial charge is 0.377 e. The highest BCUT2D eigenvalue weighted by atomic mass is 16.5. The first-order valence-electron chi connectivity index (χ1n) is 7.80. The third-order valence-corrected chi connectivity index (χ3v) is 4.35. The Morgan fingerprint density at radius 2 is 2.20 bits per heavy atom. The molecule has 0 radical (unpaired) electrons. The van der Waals surface area contributed by atoms with Gasteiger partial charge in [0, 0.05) is 13.2 Å². The fourth-order valence-corrected chi connectivity index (χ4v) is 2.78. The van der Waals surface area contributed by atoms with E-state index in [1.807, 2.05) is 0 Å². The SMILES string of the molecule is Cc1ccc(C(CN)CCNCC2CCCO2)cc1C. The summed E-state index contributed by atoms with van der Waals surface area (Å²) in [5, 5.41) is 3.51. The Morgan fingerprint density at radius 3 is 2.85 bits per heavy atom. The highest BCUT2D eigenvalue weighted by molar-refractivity contribution is 5.32. The first-order valence-corrected chi connectivity index (χ1v) is 7.80. The van der Waals surface area contributed by atoms with Gasteiger partial charge in [-0.3, -0.25) is 0 Å². The van der Waals surface area contributed by atoms with Crippen molar-refractivity contribution in [3.63, 3.8) is 0 Å². The lowest BCUT2D eigenvalue weighted by atomic mass is 9.93. The normalized spacial score (nSPS) is 20.2. The van der Waals surface area contributed by atoms with E-state index in [1.165, 1.54) is 29.5 Å². The minimum absolute atomic E-state index is 0.424. The number of benzene rings is 1. The van der Waals surface area contributed by atoms with Crippen LogP contribution < -0.4 is 11.1 Å². The monoisotopic (exact) mass is 276 g/mol. The van der Waals surface area contributed by atoms with Gasteiger partial charge in [-0.1, -0.05) is 18.2 Å². The summed E-state index contributed by atoms with van der Waals surface area (Å²) >= 11 is 0. The Balaban J connectivity index is 1.77. The molecule has 1 aliphatic heterocycles. The van der Waals surface area contributed by atoms with Gasteiger partial charge in [0.25, 0.3) is 0 Å². The zero-order valence-electron chi connectivity index (χ0n) is 12.8. The number of aryl methyl sites for hydroxylation is 2. The van der Waals surface area contributed by atoms with Crippen LogP contribution in [-0.2, 0) is 4.74 Å². The molecule has 1 aromatic carbocycles. The van der Waals surface area contributed by atoms with E-state index in [0.29, 0.717) is 18.6 Å². The van der Waals surface area contributed by atoms with Gasteiger partial charge < -0.3 is 15.8 Å². The Hall–Kier alpha value is -0.900. The lowest BCUT2D eigenvalue weighted by Gasteiger charge is -2.18. The van der Waals surface area contributed by atoms with Crippen LogP contribution in [0.5, 0.6) is 0 Å². The van der Waals surface area contributed by atoms with E-state index in [4.69, 9.17) is 10.5 Å². The first-order chi connectivity index (χ1) is 9.70. The van der Waals surface area contributed by atoms with E-state index in [9.17, 15) is 0 Å². The zero-order chi connectivity index (χ0) is 14.4. The lowest BCUT2D eigenvalue weighted by Crippen LogP contribution is -2.28. The number of hydrogen-bond acceptors (Lipinski definition) is 3. The number of rotatable bonds is 7. The zero-order valence-corrected chi connectivity index (χ0v) is 12.8. The summed E-state index contributed by atoms with van der Waals surface area (Å²) in [6.07, 6.45) is 3.92. The van der Waals surface area contributed by atoms with Gasteiger partial charge in [-0.2, -0.15) is 0 Å². The third kappa shape index (κ3) is 4.30. The van der Waals surface area contributed by atoms with Gasteiger partial charge in [-0.05, 0) is 68.8 Å². The van der Waals surface area contributed by atoms with Crippen molar-refractivity contribution in [2.45, 2.75) is 45.1 Å². The summed E-state index contributed by atoms with van der Waals surface area (Å²) < 4.78 is 5.61. The predicted octanol–water partition coefficient (Wildman–Crippen LogP) is 2.50. The molecule has 1 aliphatic rings. The minimum Gasteiger partial charge on any atom is -0.377 e. The maximum atomic E-state index is 5.94. The topological polar surface area (TPSA) is 47.3 Å². The molecule has 0 bridgehead atoms. The van der Waals surface area contributed by atoms with Crippen molar-refractivity contribution in [1.82, 2.24) is 5.32 Å². The molecule has 0 aliphatic carbocycles. The van der Waals surface area contributed by atoms with E-state index < -0.39 is 0 Å². The van der Waals surface area contributed by atoms with Gasteiger partial charge >= 0.3 is 0 Å². The molecule has 0 saturated carbocycles. The summed E-state index contributed by atoms with van der Waals surface area (Å²) in [6.45, 7) is 7.95. The summed E-state index contributed by atoms with van der Waals surface area (Å²) in [6, 6.07) is 6.71. The molecule has 3 N–H and O–H groups in total.